The number of rotatable bonds is 14. The van der Waals surface area contributed by atoms with E-state index in [4.69, 9.17) is 23.7 Å². The summed E-state index contributed by atoms with van der Waals surface area (Å²) in [5, 5.41) is 54.3. The van der Waals surface area contributed by atoms with Crippen LogP contribution in [0.4, 0.5) is 0 Å². The minimum absolute atomic E-state index is 0.0230. The molecule has 54 heavy (non-hydrogen) atoms. The highest BCUT2D eigenvalue weighted by Gasteiger charge is 2.54. The van der Waals surface area contributed by atoms with Crippen LogP contribution < -0.4 is 0 Å². The van der Waals surface area contributed by atoms with Gasteiger partial charge in [0.2, 0.25) is 5.78 Å². The van der Waals surface area contributed by atoms with Crippen LogP contribution in [0.2, 0.25) is 0 Å². The number of aliphatic hydroxyl groups excluding tert-OH is 5. The number of carbonyl (C=O) groups is 2. The van der Waals surface area contributed by atoms with Gasteiger partial charge in [-0.1, -0.05) is 46.4 Å². The number of cyclic esters (lactones) is 1. The first-order chi connectivity index (χ1) is 25.6. The number of aliphatic hydroxyl groups is 5. The smallest absolute Gasteiger partial charge is 0.325 e. The molecule has 5 aliphatic rings. The summed E-state index contributed by atoms with van der Waals surface area (Å²) in [6.45, 7) is 15.3. The van der Waals surface area contributed by atoms with Crippen molar-refractivity contribution in [3.8, 4) is 0 Å². The molecule has 4 aliphatic heterocycles. The van der Waals surface area contributed by atoms with Gasteiger partial charge in [-0.05, 0) is 100 Å². The van der Waals surface area contributed by atoms with Crippen LogP contribution in [0.3, 0.4) is 0 Å². The predicted octanol–water partition coefficient (Wildman–Crippen LogP) is 3.80. The van der Waals surface area contributed by atoms with Crippen LogP contribution in [-0.4, -0.2) is 118 Å². The summed E-state index contributed by atoms with van der Waals surface area (Å²) in [4.78, 5) is 25.4. The van der Waals surface area contributed by atoms with Crippen molar-refractivity contribution >= 4 is 11.8 Å². The molecule has 5 rings (SSSR count). The molecule has 0 bridgehead atoms. The van der Waals surface area contributed by atoms with Crippen LogP contribution in [-0.2, 0) is 33.3 Å². The van der Waals surface area contributed by atoms with Gasteiger partial charge in [0, 0.05) is 25.6 Å². The molecule has 5 fully saturated rings. The highest BCUT2D eigenvalue weighted by Crippen LogP contribution is 2.46. The van der Waals surface area contributed by atoms with Gasteiger partial charge < -0.3 is 49.2 Å². The Hall–Kier alpha value is -2.00. The Morgan fingerprint density at radius 2 is 1.78 bits per heavy atom. The summed E-state index contributed by atoms with van der Waals surface area (Å²) in [6.07, 6.45) is 5.29. The molecule has 17 unspecified atom stereocenters. The Balaban J connectivity index is 1.31. The third kappa shape index (κ3) is 8.77. The van der Waals surface area contributed by atoms with Crippen molar-refractivity contribution in [3.05, 3.63) is 35.6 Å². The Morgan fingerprint density at radius 1 is 1.06 bits per heavy atom. The van der Waals surface area contributed by atoms with Crippen LogP contribution in [0.25, 0.3) is 0 Å². The highest BCUT2D eigenvalue weighted by atomic mass is 16.6. The molecule has 0 radical (unpaired) electrons. The van der Waals surface area contributed by atoms with Crippen molar-refractivity contribution in [2.24, 2.45) is 41.4 Å². The van der Waals surface area contributed by atoms with E-state index < -0.39 is 78.2 Å². The summed E-state index contributed by atoms with van der Waals surface area (Å²) in [6, 6.07) is 0. The van der Waals surface area contributed by atoms with E-state index in [-0.39, 0.29) is 48.6 Å². The standard InChI is InChI=1S/C42H66O12/c1-9-29(45)32-14-15-33(52-32)42(7)18-24(5)30(54-42)12-10-21(2)39-22(3)11-13-31(53-39)27(19-43)17-26-16-23(4)36(46)28(20-44)34(26)40(50-8)38(48)35-37(47)25(6)51-41(35)49/h10,17,22-24,26,28-36,38-40,43-46,48H,6,9,11-16,18-20H2,1-5,7-8H3. The van der Waals surface area contributed by atoms with E-state index in [1.54, 1.807) is 0 Å². The predicted molar refractivity (Wildman–Crippen MR) is 200 cm³/mol. The zero-order valence-electron chi connectivity index (χ0n) is 33.3. The molecule has 1 aliphatic carbocycles. The Bertz CT molecular complexity index is 1390. The second kappa shape index (κ2) is 18.1. The van der Waals surface area contributed by atoms with E-state index in [0.29, 0.717) is 30.8 Å². The monoisotopic (exact) mass is 762 g/mol. The minimum Gasteiger partial charge on any atom is -0.423 e. The van der Waals surface area contributed by atoms with Crippen LogP contribution in [0.5, 0.6) is 0 Å². The summed E-state index contributed by atoms with van der Waals surface area (Å²) < 4.78 is 30.5. The average Bonchev–Trinajstić information content (AvgIpc) is 3.83. The second-order valence-corrected chi connectivity index (χ2v) is 17.2. The number of ether oxygens (including phenoxy) is 5. The van der Waals surface area contributed by atoms with E-state index in [9.17, 15) is 35.1 Å². The average molecular weight is 763 g/mol. The maximum Gasteiger partial charge on any atom is 0.325 e. The van der Waals surface area contributed by atoms with Gasteiger partial charge in [-0.2, -0.15) is 0 Å². The maximum atomic E-state index is 12.8. The first kappa shape index (κ1) is 43.1. The van der Waals surface area contributed by atoms with Crippen molar-refractivity contribution < 1.29 is 58.8 Å². The zero-order chi connectivity index (χ0) is 39.6. The number of allylic oxidation sites excluding steroid dienone is 2. The lowest BCUT2D eigenvalue weighted by atomic mass is 9.62. The van der Waals surface area contributed by atoms with Crippen LogP contribution in [0.1, 0.15) is 92.9 Å². The molecular weight excluding hydrogens is 696 g/mol. The SMILES string of the molecule is C=C1OC(=O)C(C(O)C(OC)C2C(C=C(CO)C3CCC(C)C(C(C)=CCC4OC(C)(C5CCC(C(O)CC)O5)CC4C)O3)CC(C)C(O)C2CO)C1=O. The fourth-order valence-corrected chi connectivity index (χ4v) is 10.3. The van der Waals surface area contributed by atoms with E-state index in [1.807, 2.05) is 19.9 Å². The highest BCUT2D eigenvalue weighted by molar-refractivity contribution is 6.13. The molecule has 4 heterocycles. The zero-order valence-corrected chi connectivity index (χ0v) is 33.3. The Morgan fingerprint density at radius 3 is 2.39 bits per heavy atom. The summed E-state index contributed by atoms with van der Waals surface area (Å²) >= 11 is 0. The van der Waals surface area contributed by atoms with Gasteiger partial charge >= 0.3 is 5.97 Å². The second-order valence-electron chi connectivity index (χ2n) is 17.2. The molecule has 17 atom stereocenters. The van der Waals surface area contributed by atoms with E-state index in [0.717, 1.165) is 37.7 Å². The van der Waals surface area contributed by atoms with Gasteiger partial charge in [-0.3, -0.25) is 9.59 Å². The molecule has 306 valence electrons. The van der Waals surface area contributed by atoms with Crippen LogP contribution in [0, 0.1) is 41.4 Å². The molecule has 0 amide bonds. The number of hydrogen-bond donors (Lipinski definition) is 5. The molecule has 1 saturated carbocycles. The fraction of sp³-hybridized carbons (Fsp3) is 0.810. The number of hydrogen-bond acceptors (Lipinski definition) is 12. The van der Waals surface area contributed by atoms with Gasteiger partial charge in [0.25, 0.3) is 0 Å². The lowest BCUT2D eigenvalue weighted by molar-refractivity contribution is -0.159. The maximum absolute atomic E-state index is 12.8. The topological polar surface area (TPSA) is 181 Å². The first-order valence-electron chi connectivity index (χ1n) is 20.2. The quantitative estimate of drug-likeness (QED) is 0.0749. The molecule has 12 heteroatoms. The molecule has 0 aromatic heterocycles. The summed E-state index contributed by atoms with van der Waals surface area (Å²) in [5.74, 6) is -5.06. The molecule has 0 spiro atoms. The van der Waals surface area contributed by atoms with E-state index in [2.05, 4.69) is 40.3 Å². The Kier molecular flexibility index (Phi) is 14.4. The van der Waals surface area contributed by atoms with Gasteiger partial charge in [-0.25, -0.2) is 0 Å². The fourth-order valence-electron chi connectivity index (χ4n) is 10.3. The van der Waals surface area contributed by atoms with Crippen molar-refractivity contribution in [1.82, 2.24) is 0 Å². The molecule has 4 saturated heterocycles. The van der Waals surface area contributed by atoms with Gasteiger partial charge in [0.1, 0.15) is 6.10 Å². The first-order valence-corrected chi connectivity index (χ1v) is 20.2. The summed E-state index contributed by atoms with van der Waals surface area (Å²) in [7, 11) is 1.36. The van der Waals surface area contributed by atoms with E-state index >= 15 is 0 Å². The number of esters is 1. The Labute approximate surface area is 320 Å². The minimum atomic E-state index is -1.62. The molecule has 0 aromatic carbocycles. The number of Topliss-reactive ketones (excluding diaryl/α,β-unsaturated/α-hetero) is 1. The van der Waals surface area contributed by atoms with Crippen LogP contribution in [0.15, 0.2) is 35.6 Å². The van der Waals surface area contributed by atoms with Crippen molar-refractivity contribution in [2.45, 2.75) is 153 Å². The summed E-state index contributed by atoms with van der Waals surface area (Å²) in [5.41, 5.74) is 1.36. The molecule has 5 N–H and O–H groups in total. The molecular formula is C42H66O12. The van der Waals surface area contributed by atoms with Crippen LogP contribution >= 0.6 is 0 Å². The van der Waals surface area contributed by atoms with Crippen molar-refractivity contribution in [2.75, 3.05) is 20.3 Å². The normalized spacial score (nSPS) is 42.7. The number of carbonyl (C=O) groups excluding carboxylic acids is 2. The van der Waals surface area contributed by atoms with Crippen molar-refractivity contribution in [3.63, 3.8) is 0 Å². The molecule has 12 nitrogen and oxygen atoms in total. The number of methoxy groups -OCH3 is 1. The van der Waals surface area contributed by atoms with Crippen molar-refractivity contribution in [1.29, 1.82) is 0 Å². The van der Waals surface area contributed by atoms with E-state index in [1.165, 1.54) is 7.11 Å². The van der Waals surface area contributed by atoms with Gasteiger partial charge in [-0.15, -0.1) is 0 Å². The lowest BCUT2D eigenvalue weighted by Gasteiger charge is -2.47. The lowest BCUT2D eigenvalue weighted by Crippen LogP contribution is -2.54. The number of ketones is 1. The largest absolute Gasteiger partial charge is 0.423 e. The van der Waals surface area contributed by atoms with Gasteiger partial charge in [0.15, 0.2) is 11.7 Å². The third-order valence-electron chi connectivity index (χ3n) is 13.5. The molecule has 0 aromatic rings. The third-order valence-corrected chi connectivity index (χ3v) is 13.5. The van der Waals surface area contributed by atoms with Gasteiger partial charge in [0.05, 0.1) is 61.0 Å².